The zero-order valence-corrected chi connectivity index (χ0v) is 14.5. The first kappa shape index (κ1) is 15.6. The SMILES string of the molecule is Cc1cc(Oc2csc(C(=O)N[C@H]3CN4CCC3CC4)c2)ccn1. The molecule has 1 N–H and O–H groups in total. The maximum absolute atomic E-state index is 12.5. The van der Waals surface area contributed by atoms with Crippen molar-refractivity contribution in [3.63, 3.8) is 0 Å². The van der Waals surface area contributed by atoms with Crippen molar-refractivity contribution in [3.8, 4) is 11.5 Å². The molecule has 3 saturated heterocycles. The number of fused-ring (bicyclic) bond motifs is 3. The standard InChI is InChI=1S/C18H21N3O2S/c1-12-8-14(2-5-19-12)23-15-9-17(24-11-15)18(22)20-16-10-21-6-3-13(16)4-7-21/h2,5,8-9,11,13,16H,3-4,6-7,10H2,1H3,(H,20,22)/t16-/m0/s1. The highest BCUT2D eigenvalue weighted by atomic mass is 32.1. The average molecular weight is 343 g/mol. The molecule has 24 heavy (non-hydrogen) atoms. The number of nitrogens with one attached hydrogen (secondary N) is 1. The van der Waals surface area contributed by atoms with E-state index < -0.39 is 0 Å². The van der Waals surface area contributed by atoms with Gasteiger partial charge < -0.3 is 15.0 Å². The molecule has 0 spiro atoms. The third-order valence-corrected chi connectivity index (χ3v) is 5.78. The molecule has 0 aromatic carbocycles. The van der Waals surface area contributed by atoms with Gasteiger partial charge in [0.2, 0.25) is 0 Å². The van der Waals surface area contributed by atoms with Crippen LogP contribution in [0.3, 0.4) is 0 Å². The van der Waals surface area contributed by atoms with Crippen molar-refractivity contribution in [2.24, 2.45) is 5.92 Å². The van der Waals surface area contributed by atoms with Crippen molar-refractivity contribution >= 4 is 17.2 Å². The first-order valence-electron chi connectivity index (χ1n) is 8.39. The lowest BCUT2D eigenvalue weighted by Gasteiger charge is -2.44. The molecule has 1 amide bonds. The molecule has 0 aliphatic carbocycles. The molecule has 5 nitrogen and oxygen atoms in total. The number of rotatable bonds is 4. The lowest BCUT2D eigenvalue weighted by Crippen LogP contribution is -2.57. The fraction of sp³-hybridized carbons (Fsp3) is 0.444. The number of aryl methyl sites for hydroxylation is 1. The molecule has 0 unspecified atom stereocenters. The number of carbonyl (C=O) groups excluding carboxylic acids is 1. The fourth-order valence-corrected chi connectivity index (χ4v) is 4.29. The number of aromatic nitrogens is 1. The van der Waals surface area contributed by atoms with Crippen LogP contribution in [0.25, 0.3) is 0 Å². The Kier molecular flexibility index (Phi) is 4.24. The Bertz CT molecular complexity index is 737. The first-order chi connectivity index (χ1) is 11.7. The fourth-order valence-electron chi connectivity index (χ4n) is 3.58. The minimum absolute atomic E-state index is 0.0134. The molecule has 5 heterocycles. The smallest absolute Gasteiger partial charge is 0.261 e. The van der Waals surface area contributed by atoms with Crippen LogP contribution in [0.2, 0.25) is 0 Å². The molecule has 6 heteroatoms. The van der Waals surface area contributed by atoms with Gasteiger partial charge >= 0.3 is 0 Å². The van der Waals surface area contributed by atoms with Gasteiger partial charge in [0.05, 0.1) is 4.88 Å². The van der Waals surface area contributed by atoms with Gasteiger partial charge in [-0.1, -0.05) is 0 Å². The van der Waals surface area contributed by atoms with E-state index in [-0.39, 0.29) is 11.9 Å². The largest absolute Gasteiger partial charge is 0.456 e. The minimum atomic E-state index is 0.0134. The van der Waals surface area contributed by atoms with Crippen molar-refractivity contribution < 1.29 is 9.53 Å². The van der Waals surface area contributed by atoms with Crippen LogP contribution in [0.4, 0.5) is 0 Å². The minimum Gasteiger partial charge on any atom is -0.456 e. The molecule has 126 valence electrons. The van der Waals surface area contributed by atoms with Gasteiger partial charge in [-0.3, -0.25) is 9.78 Å². The molecular weight excluding hydrogens is 322 g/mol. The average Bonchev–Trinajstić information content (AvgIpc) is 3.05. The number of nitrogens with zero attached hydrogens (tertiary/aromatic N) is 2. The number of hydrogen-bond acceptors (Lipinski definition) is 5. The molecular formula is C18H21N3O2S. The number of ether oxygens (including phenoxy) is 1. The Morgan fingerprint density at radius 2 is 2.17 bits per heavy atom. The number of thiophene rings is 1. The molecule has 5 rings (SSSR count). The van der Waals surface area contributed by atoms with Crippen LogP contribution in [0, 0.1) is 12.8 Å². The summed E-state index contributed by atoms with van der Waals surface area (Å²) in [5.74, 6) is 2.09. The lowest BCUT2D eigenvalue weighted by molar-refractivity contribution is 0.0622. The van der Waals surface area contributed by atoms with E-state index in [0.717, 1.165) is 18.0 Å². The predicted molar refractivity (Wildman–Crippen MR) is 93.8 cm³/mol. The van der Waals surface area contributed by atoms with Gasteiger partial charge in [0.1, 0.15) is 11.5 Å². The second-order valence-electron chi connectivity index (χ2n) is 6.60. The van der Waals surface area contributed by atoms with Crippen LogP contribution in [0.1, 0.15) is 28.2 Å². The molecule has 2 aromatic heterocycles. The second-order valence-corrected chi connectivity index (χ2v) is 7.51. The van der Waals surface area contributed by atoms with Gasteiger partial charge in [0.25, 0.3) is 5.91 Å². The van der Waals surface area contributed by atoms with Gasteiger partial charge in [-0.05, 0) is 44.8 Å². The summed E-state index contributed by atoms with van der Waals surface area (Å²) in [6, 6.07) is 5.80. The molecule has 3 aliphatic rings. The Morgan fingerprint density at radius 1 is 1.33 bits per heavy atom. The van der Waals surface area contributed by atoms with Crippen LogP contribution in [-0.2, 0) is 0 Å². The first-order valence-corrected chi connectivity index (χ1v) is 9.27. The maximum Gasteiger partial charge on any atom is 0.261 e. The number of piperidine rings is 3. The number of hydrogen-bond donors (Lipinski definition) is 1. The Balaban J connectivity index is 1.40. The third kappa shape index (κ3) is 3.30. The summed E-state index contributed by atoms with van der Waals surface area (Å²) in [6.07, 6.45) is 4.12. The van der Waals surface area contributed by atoms with Crippen molar-refractivity contribution in [1.82, 2.24) is 15.2 Å². The Morgan fingerprint density at radius 3 is 2.88 bits per heavy atom. The van der Waals surface area contributed by atoms with Crippen molar-refractivity contribution in [3.05, 3.63) is 40.3 Å². The predicted octanol–water partition coefficient (Wildman–Crippen LogP) is 3.07. The van der Waals surface area contributed by atoms with E-state index in [9.17, 15) is 4.79 Å². The molecule has 3 aliphatic heterocycles. The summed E-state index contributed by atoms with van der Waals surface area (Å²) in [5, 5.41) is 5.09. The Hall–Kier alpha value is -1.92. The molecule has 0 saturated carbocycles. The highest BCUT2D eigenvalue weighted by molar-refractivity contribution is 7.12. The van der Waals surface area contributed by atoms with Gasteiger partial charge in [0, 0.05) is 42.0 Å². The number of pyridine rings is 1. The highest BCUT2D eigenvalue weighted by Crippen LogP contribution is 2.29. The van der Waals surface area contributed by atoms with Gasteiger partial charge in [-0.2, -0.15) is 0 Å². The molecule has 2 aromatic rings. The van der Waals surface area contributed by atoms with Crippen LogP contribution in [-0.4, -0.2) is 41.5 Å². The van der Waals surface area contributed by atoms with Gasteiger partial charge in [0.15, 0.2) is 0 Å². The van der Waals surface area contributed by atoms with E-state index in [4.69, 9.17) is 4.74 Å². The normalized spacial score (nSPS) is 25.5. The topological polar surface area (TPSA) is 54.5 Å². The summed E-state index contributed by atoms with van der Waals surface area (Å²) in [7, 11) is 0. The van der Waals surface area contributed by atoms with Gasteiger partial charge in [-0.15, -0.1) is 11.3 Å². The zero-order valence-electron chi connectivity index (χ0n) is 13.7. The van der Waals surface area contributed by atoms with Crippen molar-refractivity contribution in [2.75, 3.05) is 19.6 Å². The number of amides is 1. The third-order valence-electron chi connectivity index (χ3n) is 4.88. The zero-order chi connectivity index (χ0) is 16.5. The maximum atomic E-state index is 12.5. The van der Waals surface area contributed by atoms with E-state index >= 15 is 0 Å². The van der Waals surface area contributed by atoms with E-state index in [2.05, 4.69) is 15.2 Å². The number of carbonyl (C=O) groups is 1. The molecule has 3 fully saturated rings. The van der Waals surface area contributed by atoms with Crippen LogP contribution in [0.15, 0.2) is 29.8 Å². The summed E-state index contributed by atoms with van der Waals surface area (Å²) in [4.78, 5) is 19.8. The summed E-state index contributed by atoms with van der Waals surface area (Å²) in [5.41, 5.74) is 0.906. The Labute approximate surface area is 145 Å². The van der Waals surface area contributed by atoms with Gasteiger partial charge in [-0.25, -0.2) is 0 Å². The summed E-state index contributed by atoms with van der Waals surface area (Å²) in [6.45, 7) is 5.27. The quantitative estimate of drug-likeness (QED) is 0.927. The van der Waals surface area contributed by atoms with E-state index in [0.29, 0.717) is 16.5 Å². The van der Waals surface area contributed by atoms with E-state index in [1.807, 2.05) is 30.5 Å². The highest BCUT2D eigenvalue weighted by Gasteiger charge is 2.35. The summed E-state index contributed by atoms with van der Waals surface area (Å²) < 4.78 is 5.81. The van der Waals surface area contributed by atoms with Crippen LogP contribution < -0.4 is 10.1 Å². The molecule has 2 bridgehead atoms. The van der Waals surface area contributed by atoms with Crippen molar-refractivity contribution in [1.29, 1.82) is 0 Å². The molecule has 1 atom stereocenters. The summed E-state index contributed by atoms with van der Waals surface area (Å²) >= 11 is 1.42. The second kappa shape index (κ2) is 6.53. The lowest BCUT2D eigenvalue weighted by atomic mass is 9.84. The van der Waals surface area contributed by atoms with Crippen LogP contribution in [0.5, 0.6) is 11.5 Å². The monoisotopic (exact) mass is 343 g/mol. The van der Waals surface area contributed by atoms with Crippen LogP contribution >= 0.6 is 11.3 Å². The molecule has 0 radical (unpaired) electrons. The van der Waals surface area contributed by atoms with E-state index in [1.54, 1.807) is 6.20 Å². The van der Waals surface area contributed by atoms with Crippen molar-refractivity contribution in [2.45, 2.75) is 25.8 Å². The van der Waals surface area contributed by atoms with E-state index in [1.165, 1.54) is 37.3 Å².